The van der Waals surface area contributed by atoms with E-state index in [4.69, 9.17) is 71.1 Å². The lowest BCUT2D eigenvalue weighted by atomic mass is 9.93. The van der Waals surface area contributed by atoms with Gasteiger partial charge in [-0.2, -0.15) is 0 Å². The summed E-state index contributed by atoms with van der Waals surface area (Å²) >= 11 is 0. The monoisotopic (exact) mass is 1300 g/mol. The number of nitrogens with zero attached hydrogens (tertiary/aromatic N) is 3. The summed E-state index contributed by atoms with van der Waals surface area (Å²) < 4.78 is 104. The van der Waals surface area contributed by atoms with E-state index in [0.29, 0.717) is 12.0 Å². The number of carbonyl (C=O) groups is 2. The molecule has 4 fully saturated rings. The summed E-state index contributed by atoms with van der Waals surface area (Å²) in [4.78, 5) is 30.9. The average Bonchev–Trinajstić information content (AvgIpc) is 0.776. The molecule has 7 aromatic rings. The standard InChI is InChI=1S/C74H82N4O17/c1-50(79)77-62-66(94-74-70(89-51(2)80)67(86-45-56-33-18-7-19-34-56)63(84-43-54-29-14-5-15-30-54)59(92-74)47-81-41-52-25-10-3-11-26-52)65-61(49-88-71(93-65)58-37-22-9-23-38-58)90-72(62)95-68-64(85-44-55-31-16-6-17-32-55)60(48-82-42-53-27-12-4-13-28-53)91-73(83-40-24-39-76-78-75)69(68)87-46-57-35-20-8-21-36-57/h3-23,25-38,59-74H,24,39-49H2,1-2H3,(H,77,79)/t59-,60-,61-,62-,63+,64+,65-,66-,67+,68+,69-,70-,71?,72+,73-,74+/m1/s1. The molecule has 4 heterocycles. The maximum Gasteiger partial charge on any atom is 0.303 e. The highest BCUT2D eigenvalue weighted by atomic mass is 16.8. The molecule has 500 valence electrons. The second-order valence-electron chi connectivity index (χ2n) is 23.5. The Bertz CT molecular complexity index is 3430. The minimum atomic E-state index is -1.48. The fourth-order valence-corrected chi connectivity index (χ4v) is 12.0. The van der Waals surface area contributed by atoms with Crippen LogP contribution in [0.1, 0.15) is 65.5 Å². The topological polar surface area (TPSA) is 233 Å². The number of hydrogen-bond acceptors (Lipinski definition) is 18. The summed E-state index contributed by atoms with van der Waals surface area (Å²) in [6.07, 6.45) is -16.4. The summed E-state index contributed by atoms with van der Waals surface area (Å²) in [6, 6.07) is 66.3. The van der Waals surface area contributed by atoms with E-state index in [2.05, 4.69) is 15.3 Å². The van der Waals surface area contributed by atoms with Crippen LogP contribution < -0.4 is 5.32 Å². The molecule has 0 aromatic heterocycles. The first-order chi connectivity index (χ1) is 46.7. The van der Waals surface area contributed by atoms with Crippen LogP contribution in [0.5, 0.6) is 0 Å². The molecule has 1 N–H and O–H groups in total. The van der Waals surface area contributed by atoms with E-state index in [1.54, 1.807) is 0 Å². The lowest BCUT2D eigenvalue weighted by Gasteiger charge is -2.53. The van der Waals surface area contributed by atoms with Crippen molar-refractivity contribution in [2.75, 3.05) is 33.0 Å². The highest BCUT2D eigenvalue weighted by molar-refractivity contribution is 5.73. The second-order valence-corrected chi connectivity index (χ2v) is 23.5. The molecule has 21 nitrogen and oxygen atoms in total. The number of amides is 1. The van der Waals surface area contributed by atoms with E-state index >= 15 is 0 Å². The summed E-state index contributed by atoms with van der Waals surface area (Å²) in [5, 5.41) is 6.91. The van der Waals surface area contributed by atoms with Gasteiger partial charge in [0.25, 0.3) is 0 Å². The van der Waals surface area contributed by atoms with Crippen LogP contribution in [0.15, 0.2) is 217 Å². The normalized spacial score (nSPS) is 27.3. The van der Waals surface area contributed by atoms with Crippen LogP contribution in [-0.2, 0) is 120 Å². The SMILES string of the molecule is CC(=O)N[C@H]1[C@H](O[C@H]2[C@@H](OCc3ccccc3)[C@@H](COCc3ccccc3)O[C@@H](OCCCN=[N+]=[N-])[C@@H]2OCc2ccccc2)O[C@@H]2COC(c3ccccc3)O[C@H]2[C@@H]1O[C@@H]1O[C@H](COCc2ccccc2)[C@H](OCc2ccccc2)[C@H](OCc2ccccc2)[C@H]1OC(C)=O. The molecule has 0 saturated carbocycles. The molecule has 0 radical (unpaired) electrons. The predicted molar refractivity (Wildman–Crippen MR) is 346 cm³/mol. The molecule has 4 saturated heterocycles. The number of ether oxygens (including phenoxy) is 15. The molecule has 21 heteroatoms. The third kappa shape index (κ3) is 19.7. The van der Waals surface area contributed by atoms with E-state index in [1.165, 1.54) is 13.8 Å². The molecule has 0 aliphatic carbocycles. The predicted octanol–water partition coefficient (Wildman–Crippen LogP) is 11.0. The van der Waals surface area contributed by atoms with Crippen molar-refractivity contribution in [3.8, 4) is 0 Å². The third-order valence-electron chi connectivity index (χ3n) is 16.5. The van der Waals surface area contributed by atoms with Crippen LogP contribution in [0.4, 0.5) is 0 Å². The van der Waals surface area contributed by atoms with Crippen LogP contribution in [0, 0.1) is 0 Å². The molecule has 4 aliphatic heterocycles. The first kappa shape index (κ1) is 68.6. The maximum absolute atomic E-state index is 14.2. The number of esters is 1. The van der Waals surface area contributed by atoms with Crippen molar-refractivity contribution in [1.82, 2.24) is 5.32 Å². The Balaban J connectivity index is 1.00. The maximum atomic E-state index is 14.2. The Hall–Kier alpha value is -7.77. The van der Waals surface area contributed by atoms with Crippen molar-refractivity contribution in [1.29, 1.82) is 0 Å². The van der Waals surface area contributed by atoms with Gasteiger partial charge in [0.05, 0.1) is 59.5 Å². The lowest BCUT2D eigenvalue weighted by molar-refractivity contribution is -0.397. The van der Waals surface area contributed by atoms with Crippen LogP contribution in [0.3, 0.4) is 0 Å². The Morgan fingerprint density at radius 3 is 1.38 bits per heavy atom. The molecule has 16 atom stereocenters. The van der Waals surface area contributed by atoms with E-state index in [-0.39, 0.29) is 72.6 Å². The van der Waals surface area contributed by atoms with Crippen LogP contribution in [0.2, 0.25) is 0 Å². The Labute approximate surface area is 553 Å². The Kier molecular flexibility index (Phi) is 25.9. The molecule has 11 rings (SSSR count). The van der Waals surface area contributed by atoms with Gasteiger partial charge in [-0.05, 0) is 45.3 Å². The lowest BCUT2D eigenvalue weighted by Crippen LogP contribution is -2.71. The van der Waals surface area contributed by atoms with Crippen molar-refractivity contribution in [2.45, 2.75) is 158 Å². The highest BCUT2D eigenvalue weighted by Gasteiger charge is 2.59. The first-order valence-electron chi connectivity index (χ1n) is 32.2. The Morgan fingerprint density at radius 2 is 0.905 bits per heavy atom. The highest BCUT2D eigenvalue weighted by Crippen LogP contribution is 2.41. The number of azide groups is 1. The van der Waals surface area contributed by atoms with Crippen molar-refractivity contribution >= 4 is 11.9 Å². The molecular weight excluding hydrogens is 1220 g/mol. The van der Waals surface area contributed by atoms with Gasteiger partial charge < -0.3 is 76.4 Å². The molecule has 0 bridgehead atoms. The van der Waals surface area contributed by atoms with Crippen molar-refractivity contribution in [3.05, 3.63) is 262 Å². The second kappa shape index (κ2) is 35.8. The zero-order valence-corrected chi connectivity index (χ0v) is 53.2. The minimum Gasteiger partial charge on any atom is -0.454 e. The summed E-state index contributed by atoms with van der Waals surface area (Å²) in [5.74, 6) is -1.14. The molecule has 1 amide bonds. The van der Waals surface area contributed by atoms with Crippen molar-refractivity contribution < 1.29 is 80.6 Å². The van der Waals surface area contributed by atoms with Crippen molar-refractivity contribution in [3.63, 3.8) is 0 Å². The zero-order chi connectivity index (χ0) is 65.4. The van der Waals surface area contributed by atoms with E-state index in [9.17, 15) is 15.1 Å². The average molecular weight is 1300 g/mol. The summed E-state index contributed by atoms with van der Waals surface area (Å²) in [6.45, 7) is 3.70. The molecule has 4 aliphatic rings. The van der Waals surface area contributed by atoms with Gasteiger partial charge in [-0.1, -0.05) is 217 Å². The fourth-order valence-electron chi connectivity index (χ4n) is 12.0. The summed E-state index contributed by atoms with van der Waals surface area (Å²) in [7, 11) is 0. The van der Waals surface area contributed by atoms with Gasteiger partial charge in [-0.15, -0.1) is 0 Å². The molecule has 0 spiro atoms. The fraction of sp³-hybridized carbons (Fsp3) is 0.405. The molecule has 1 unspecified atom stereocenters. The molecule has 95 heavy (non-hydrogen) atoms. The van der Waals surface area contributed by atoms with Gasteiger partial charge in [0.15, 0.2) is 31.3 Å². The van der Waals surface area contributed by atoms with Crippen LogP contribution in [0.25, 0.3) is 10.4 Å². The van der Waals surface area contributed by atoms with Gasteiger partial charge in [-0.3, -0.25) is 9.59 Å². The number of nitrogens with one attached hydrogen (secondary N) is 1. The number of benzene rings is 7. The van der Waals surface area contributed by atoms with Gasteiger partial charge >= 0.3 is 5.97 Å². The van der Waals surface area contributed by atoms with Gasteiger partial charge in [0.1, 0.15) is 67.1 Å². The van der Waals surface area contributed by atoms with Crippen LogP contribution >= 0.6 is 0 Å². The third-order valence-corrected chi connectivity index (χ3v) is 16.5. The molecular formula is C74H82N4O17. The minimum absolute atomic E-state index is 0.00576. The molecule has 7 aromatic carbocycles. The Morgan fingerprint density at radius 1 is 0.474 bits per heavy atom. The zero-order valence-electron chi connectivity index (χ0n) is 53.2. The van der Waals surface area contributed by atoms with E-state index in [1.807, 2.05) is 212 Å². The smallest absolute Gasteiger partial charge is 0.303 e. The van der Waals surface area contributed by atoms with E-state index < -0.39 is 110 Å². The van der Waals surface area contributed by atoms with Crippen LogP contribution in [-0.4, -0.2) is 137 Å². The van der Waals surface area contributed by atoms with Gasteiger partial charge in [0.2, 0.25) is 5.91 Å². The largest absolute Gasteiger partial charge is 0.454 e. The number of hydrogen-bond donors (Lipinski definition) is 1. The first-order valence-corrected chi connectivity index (χ1v) is 32.2. The number of carbonyl (C=O) groups excluding carboxylic acids is 2. The number of fused-ring (bicyclic) bond motifs is 1. The van der Waals surface area contributed by atoms with Gasteiger partial charge in [0, 0.05) is 37.5 Å². The number of rotatable bonds is 32. The summed E-state index contributed by atoms with van der Waals surface area (Å²) in [5.41, 5.74) is 15.2. The van der Waals surface area contributed by atoms with Crippen molar-refractivity contribution in [2.24, 2.45) is 5.11 Å². The van der Waals surface area contributed by atoms with E-state index in [0.717, 1.165) is 33.4 Å². The quantitative estimate of drug-likeness (QED) is 0.0136. The van der Waals surface area contributed by atoms with Gasteiger partial charge in [-0.25, -0.2) is 0 Å².